The number of aromatic carboxylic acids is 1. The largest absolute Gasteiger partial charge is 0.480 e. The van der Waals surface area contributed by atoms with Crippen molar-refractivity contribution in [3.8, 4) is 11.3 Å². The van der Waals surface area contributed by atoms with Gasteiger partial charge in [-0.25, -0.2) is 4.79 Å². The van der Waals surface area contributed by atoms with E-state index < -0.39 is 18.0 Å². The number of aliphatic carboxylic acids is 1. The van der Waals surface area contributed by atoms with Gasteiger partial charge in [-0.2, -0.15) is 0 Å². The number of carbonyl (C=O) groups is 2. The van der Waals surface area contributed by atoms with E-state index in [1.54, 1.807) is 30.5 Å². The molecule has 0 aliphatic rings. The average Bonchev–Trinajstić information content (AvgIpc) is 2.48. The van der Waals surface area contributed by atoms with E-state index >= 15 is 0 Å². The number of aromatic nitrogens is 1. The molecule has 1 aromatic heterocycles. The summed E-state index contributed by atoms with van der Waals surface area (Å²) in [5, 5.41) is 17.6. The predicted molar refractivity (Wildman–Crippen MR) is 75.9 cm³/mol. The van der Waals surface area contributed by atoms with E-state index in [1.165, 1.54) is 12.1 Å². The van der Waals surface area contributed by atoms with Gasteiger partial charge < -0.3 is 15.9 Å². The first-order valence-electron chi connectivity index (χ1n) is 6.24. The minimum atomic E-state index is -1.05. The van der Waals surface area contributed by atoms with Crippen LogP contribution in [0.5, 0.6) is 0 Å². The molecule has 6 heteroatoms. The topological polar surface area (TPSA) is 114 Å². The second kappa shape index (κ2) is 6.15. The highest BCUT2D eigenvalue weighted by molar-refractivity contribution is 5.88. The molecule has 1 aromatic carbocycles. The lowest BCUT2D eigenvalue weighted by atomic mass is 10.1. The number of benzene rings is 1. The lowest BCUT2D eigenvalue weighted by Crippen LogP contribution is -2.32. The van der Waals surface area contributed by atoms with Crippen molar-refractivity contribution in [2.45, 2.75) is 12.5 Å². The van der Waals surface area contributed by atoms with Crippen molar-refractivity contribution in [1.82, 2.24) is 4.98 Å². The summed E-state index contributed by atoms with van der Waals surface area (Å²) in [5.41, 5.74) is 7.87. The van der Waals surface area contributed by atoms with Gasteiger partial charge in [-0.15, -0.1) is 0 Å². The fourth-order valence-corrected chi connectivity index (χ4v) is 1.84. The molecule has 21 heavy (non-hydrogen) atoms. The van der Waals surface area contributed by atoms with E-state index in [9.17, 15) is 9.59 Å². The maximum absolute atomic E-state index is 10.8. The van der Waals surface area contributed by atoms with Crippen LogP contribution in [0, 0.1) is 0 Å². The monoisotopic (exact) mass is 286 g/mol. The third-order valence-corrected chi connectivity index (χ3v) is 3.03. The van der Waals surface area contributed by atoms with Crippen molar-refractivity contribution in [3.63, 3.8) is 0 Å². The Bertz CT molecular complexity index is 650. The van der Waals surface area contributed by atoms with Gasteiger partial charge in [0.15, 0.2) is 0 Å². The van der Waals surface area contributed by atoms with Crippen molar-refractivity contribution in [2.75, 3.05) is 0 Å². The number of rotatable bonds is 5. The Hall–Kier alpha value is -2.73. The third kappa shape index (κ3) is 3.64. The van der Waals surface area contributed by atoms with Gasteiger partial charge in [0, 0.05) is 11.8 Å². The van der Waals surface area contributed by atoms with Crippen LogP contribution in [0.3, 0.4) is 0 Å². The van der Waals surface area contributed by atoms with Gasteiger partial charge in [0.05, 0.1) is 11.3 Å². The lowest BCUT2D eigenvalue weighted by Gasteiger charge is -2.07. The maximum atomic E-state index is 10.8. The highest BCUT2D eigenvalue weighted by Crippen LogP contribution is 2.18. The van der Waals surface area contributed by atoms with Crippen LogP contribution in [0.15, 0.2) is 42.6 Å². The van der Waals surface area contributed by atoms with Gasteiger partial charge in [-0.1, -0.05) is 18.2 Å². The van der Waals surface area contributed by atoms with Crippen molar-refractivity contribution < 1.29 is 19.8 Å². The highest BCUT2D eigenvalue weighted by Gasteiger charge is 2.12. The fourth-order valence-electron chi connectivity index (χ4n) is 1.84. The second-order valence-corrected chi connectivity index (χ2v) is 4.58. The zero-order valence-corrected chi connectivity index (χ0v) is 11.1. The third-order valence-electron chi connectivity index (χ3n) is 3.03. The van der Waals surface area contributed by atoms with Gasteiger partial charge in [0.2, 0.25) is 0 Å². The van der Waals surface area contributed by atoms with Crippen molar-refractivity contribution >= 4 is 11.9 Å². The van der Waals surface area contributed by atoms with Gasteiger partial charge in [0.1, 0.15) is 6.04 Å². The van der Waals surface area contributed by atoms with Crippen molar-refractivity contribution in [3.05, 3.63) is 53.7 Å². The number of hydrogen-bond acceptors (Lipinski definition) is 4. The molecule has 108 valence electrons. The molecule has 0 saturated heterocycles. The van der Waals surface area contributed by atoms with Crippen LogP contribution in [0.4, 0.5) is 0 Å². The van der Waals surface area contributed by atoms with Gasteiger partial charge in [-0.3, -0.25) is 9.78 Å². The quantitative estimate of drug-likeness (QED) is 0.765. The number of nitrogens with zero attached hydrogens (tertiary/aromatic N) is 1. The zero-order chi connectivity index (χ0) is 15.4. The molecule has 4 N–H and O–H groups in total. The molecule has 0 saturated carbocycles. The van der Waals surface area contributed by atoms with Crippen LogP contribution in [0.1, 0.15) is 15.9 Å². The Balaban J connectivity index is 2.15. The Morgan fingerprint density at radius 3 is 2.24 bits per heavy atom. The summed E-state index contributed by atoms with van der Waals surface area (Å²) in [6.45, 7) is 0. The first kappa shape index (κ1) is 14.7. The van der Waals surface area contributed by atoms with E-state index in [2.05, 4.69) is 4.98 Å². The number of carboxylic acid groups (broad SMARTS) is 2. The van der Waals surface area contributed by atoms with Crippen LogP contribution in [0.25, 0.3) is 11.3 Å². The van der Waals surface area contributed by atoms with E-state index in [4.69, 9.17) is 15.9 Å². The van der Waals surface area contributed by atoms with Crippen LogP contribution < -0.4 is 5.73 Å². The molecule has 0 radical (unpaired) electrons. The molecule has 6 nitrogen and oxygen atoms in total. The van der Waals surface area contributed by atoms with Gasteiger partial charge in [0.25, 0.3) is 0 Å². The number of nitrogens with two attached hydrogens (primary N) is 1. The highest BCUT2D eigenvalue weighted by atomic mass is 16.4. The Morgan fingerprint density at radius 2 is 1.76 bits per heavy atom. The normalized spacial score (nSPS) is 11.9. The molecule has 1 heterocycles. The van der Waals surface area contributed by atoms with E-state index in [-0.39, 0.29) is 12.0 Å². The molecule has 2 rings (SSSR count). The zero-order valence-electron chi connectivity index (χ0n) is 11.1. The molecule has 0 aliphatic heterocycles. The maximum Gasteiger partial charge on any atom is 0.335 e. The molecule has 0 fully saturated rings. The fraction of sp³-hybridized carbons (Fsp3) is 0.133. The predicted octanol–water partition coefficient (Wildman–Crippen LogP) is 1.40. The van der Waals surface area contributed by atoms with Crippen molar-refractivity contribution in [2.24, 2.45) is 5.73 Å². The van der Waals surface area contributed by atoms with E-state index in [0.29, 0.717) is 5.69 Å². The van der Waals surface area contributed by atoms with Crippen LogP contribution in [-0.2, 0) is 11.2 Å². The van der Waals surface area contributed by atoms with Crippen LogP contribution in [0.2, 0.25) is 0 Å². The molecule has 2 aromatic rings. The minimum absolute atomic E-state index is 0.209. The number of pyridine rings is 1. The minimum Gasteiger partial charge on any atom is -0.480 e. The van der Waals surface area contributed by atoms with Crippen molar-refractivity contribution in [1.29, 1.82) is 0 Å². The van der Waals surface area contributed by atoms with Crippen LogP contribution in [-0.4, -0.2) is 33.2 Å². The summed E-state index contributed by atoms with van der Waals surface area (Å²) in [5.74, 6) is -2.03. The van der Waals surface area contributed by atoms with E-state index in [1.807, 2.05) is 0 Å². The van der Waals surface area contributed by atoms with Gasteiger partial charge >= 0.3 is 11.9 Å². The average molecular weight is 286 g/mol. The first-order chi connectivity index (χ1) is 9.97. The summed E-state index contributed by atoms with van der Waals surface area (Å²) in [4.78, 5) is 25.7. The standard InChI is InChI=1S/C15H14N2O4/c16-12(15(20)21)7-9-1-6-13(17-8-9)10-2-4-11(5-3-10)14(18)19/h1-6,8,12H,7,16H2,(H,18,19)(H,20,21)/t12-/m0/s1. The summed E-state index contributed by atoms with van der Waals surface area (Å²) in [6.07, 6.45) is 1.78. The SMILES string of the molecule is N[C@@H](Cc1ccc(-c2ccc(C(=O)O)cc2)nc1)C(=O)O. The summed E-state index contributed by atoms with van der Waals surface area (Å²) in [6, 6.07) is 8.92. The molecule has 1 atom stereocenters. The molecular formula is C15H14N2O4. The summed E-state index contributed by atoms with van der Waals surface area (Å²) < 4.78 is 0. The van der Waals surface area contributed by atoms with Crippen LogP contribution >= 0.6 is 0 Å². The van der Waals surface area contributed by atoms with Gasteiger partial charge in [-0.05, 0) is 30.2 Å². The smallest absolute Gasteiger partial charge is 0.335 e. The Labute approximate surface area is 120 Å². The summed E-state index contributed by atoms with van der Waals surface area (Å²) >= 11 is 0. The number of hydrogen-bond donors (Lipinski definition) is 3. The Morgan fingerprint density at radius 1 is 1.10 bits per heavy atom. The first-order valence-corrected chi connectivity index (χ1v) is 6.24. The molecule has 0 unspecified atom stereocenters. The second-order valence-electron chi connectivity index (χ2n) is 4.58. The molecule has 0 bridgehead atoms. The summed E-state index contributed by atoms with van der Waals surface area (Å²) in [7, 11) is 0. The molecule has 0 amide bonds. The Kier molecular flexibility index (Phi) is 4.30. The molecule has 0 aliphatic carbocycles. The van der Waals surface area contributed by atoms with E-state index in [0.717, 1.165) is 11.1 Å². The number of carboxylic acids is 2. The molecule has 0 spiro atoms. The lowest BCUT2D eigenvalue weighted by molar-refractivity contribution is -0.138. The molecular weight excluding hydrogens is 272 g/mol.